The topological polar surface area (TPSA) is 44.8 Å². The number of hydrogen-bond donors (Lipinski definition) is 0. The van der Waals surface area contributed by atoms with Crippen molar-refractivity contribution in [2.45, 2.75) is 25.9 Å². The van der Waals surface area contributed by atoms with E-state index in [0.29, 0.717) is 19.4 Å². The van der Waals surface area contributed by atoms with Crippen molar-refractivity contribution in [3.8, 4) is 11.5 Å². The van der Waals surface area contributed by atoms with Crippen LogP contribution in [0.1, 0.15) is 19.8 Å². The number of carbonyl (C=O) groups is 1. The Balaban J connectivity index is 2.13. The van der Waals surface area contributed by atoms with Crippen molar-refractivity contribution in [3.63, 3.8) is 0 Å². The van der Waals surface area contributed by atoms with Crippen molar-refractivity contribution in [2.24, 2.45) is 5.92 Å². The number of rotatable bonds is 3. The molecule has 1 saturated heterocycles. The minimum absolute atomic E-state index is 0.0480. The van der Waals surface area contributed by atoms with Gasteiger partial charge in [0.05, 0.1) is 19.1 Å². The third kappa shape index (κ3) is 3.25. The van der Waals surface area contributed by atoms with Crippen molar-refractivity contribution in [3.05, 3.63) is 23.8 Å². The highest BCUT2D eigenvalue weighted by molar-refractivity contribution is 5.75. The molecule has 0 amide bonds. The number of hydrogen-bond acceptors (Lipinski definition) is 4. The molecule has 1 fully saturated rings. The summed E-state index contributed by atoms with van der Waals surface area (Å²) in [5.41, 5.74) is 0. The van der Waals surface area contributed by atoms with Crippen molar-refractivity contribution >= 4 is 5.97 Å². The van der Waals surface area contributed by atoms with E-state index in [9.17, 15) is 13.6 Å². The van der Waals surface area contributed by atoms with Gasteiger partial charge in [0.15, 0.2) is 11.5 Å². The van der Waals surface area contributed by atoms with Crippen LogP contribution in [-0.4, -0.2) is 25.8 Å². The second kappa shape index (κ2) is 6.17. The first-order valence-electron chi connectivity index (χ1n) is 6.37. The number of esters is 1. The van der Waals surface area contributed by atoms with Gasteiger partial charge in [0.25, 0.3) is 0 Å². The molecule has 2 rings (SSSR count). The molecule has 1 heterocycles. The van der Waals surface area contributed by atoms with E-state index in [2.05, 4.69) is 4.74 Å². The third-order valence-electron chi connectivity index (χ3n) is 3.22. The molecule has 1 aliphatic rings. The molecule has 0 bridgehead atoms. The average molecular weight is 286 g/mol. The quantitative estimate of drug-likeness (QED) is 0.633. The molecule has 0 radical (unpaired) electrons. The van der Waals surface area contributed by atoms with Crippen molar-refractivity contribution < 1.29 is 27.8 Å². The highest BCUT2D eigenvalue weighted by Gasteiger charge is 2.28. The van der Waals surface area contributed by atoms with E-state index >= 15 is 0 Å². The van der Waals surface area contributed by atoms with Crippen LogP contribution >= 0.6 is 0 Å². The van der Waals surface area contributed by atoms with E-state index in [1.165, 1.54) is 7.11 Å². The Morgan fingerprint density at radius 1 is 1.35 bits per heavy atom. The summed E-state index contributed by atoms with van der Waals surface area (Å²) in [6.45, 7) is 2.31. The summed E-state index contributed by atoms with van der Waals surface area (Å²) < 4.78 is 42.1. The average Bonchev–Trinajstić information content (AvgIpc) is 2.42. The molecule has 0 aliphatic carbocycles. The Labute approximate surface area is 115 Å². The maximum Gasteiger partial charge on any atom is 0.314 e. The zero-order chi connectivity index (χ0) is 14.7. The van der Waals surface area contributed by atoms with Crippen LogP contribution in [0.25, 0.3) is 0 Å². The molecule has 0 spiro atoms. The molecule has 1 aliphatic heterocycles. The molecule has 6 heteroatoms. The first-order chi connectivity index (χ1) is 9.51. The Bertz CT molecular complexity index is 504. The van der Waals surface area contributed by atoms with Crippen LogP contribution in [0.15, 0.2) is 12.1 Å². The molecule has 0 aromatic heterocycles. The van der Waals surface area contributed by atoms with Gasteiger partial charge >= 0.3 is 5.97 Å². The van der Waals surface area contributed by atoms with Crippen molar-refractivity contribution in [2.75, 3.05) is 13.7 Å². The van der Waals surface area contributed by atoms with Gasteiger partial charge in [-0.3, -0.25) is 4.79 Å². The maximum absolute atomic E-state index is 13.9. The molecule has 20 heavy (non-hydrogen) atoms. The van der Waals surface area contributed by atoms with Crippen molar-refractivity contribution in [1.29, 1.82) is 0 Å². The lowest BCUT2D eigenvalue weighted by atomic mass is 9.96. The van der Waals surface area contributed by atoms with Gasteiger partial charge in [0.1, 0.15) is 5.82 Å². The monoisotopic (exact) mass is 286 g/mol. The first kappa shape index (κ1) is 14.7. The van der Waals surface area contributed by atoms with Gasteiger partial charge in [-0.25, -0.2) is 4.39 Å². The van der Waals surface area contributed by atoms with Crippen LogP contribution < -0.4 is 9.47 Å². The minimum atomic E-state index is -0.887. The Morgan fingerprint density at radius 2 is 2.05 bits per heavy atom. The third-order valence-corrected chi connectivity index (χ3v) is 3.22. The van der Waals surface area contributed by atoms with Crippen LogP contribution in [-0.2, 0) is 9.53 Å². The molecule has 1 aromatic rings. The van der Waals surface area contributed by atoms with E-state index in [1.807, 2.05) is 6.92 Å². The number of ether oxygens (including phenoxy) is 3. The normalized spacial score (nSPS) is 22.4. The van der Waals surface area contributed by atoms with Gasteiger partial charge in [-0.05, 0) is 19.8 Å². The molecular formula is C14H16F2O4. The van der Waals surface area contributed by atoms with Crippen LogP contribution in [0.3, 0.4) is 0 Å². The summed E-state index contributed by atoms with van der Waals surface area (Å²) in [6.07, 6.45) is 0.970. The fourth-order valence-electron chi connectivity index (χ4n) is 2.17. The van der Waals surface area contributed by atoms with Crippen molar-refractivity contribution in [1.82, 2.24) is 0 Å². The molecule has 2 atom stereocenters. The summed E-state index contributed by atoms with van der Waals surface area (Å²) in [5.74, 6) is -3.31. The predicted molar refractivity (Wildman–Crippen MR) is 66.7 cm³/mol. The molecular weight excluding hydrogens is 270 g/mol. The van der Waals surface area contributed by atoms with Gasteiger partial charge in [0, 0.05) is 18.7 Å². The molecule has 4 nitrogen and oxygen atoms in total. The summed E-state index contributed by atoms with van der Waals surface area (Å²) in [6, 6.07) is 1.72. The Hall–Kier alpha value is -1.69. The standard InChI is InChI=1S/C14H16F2O4/c1-8-5-9(3-4-19-8)14(17)20-12-7-10(15)6-11(18-2)13(12)16/h6-9H,3-5H2,1-2H3. The van der Waals surface area contributed by atoms with Crippen LogP contribution in [0.5, 0.6) is 11.5 Å². The smallest absolute Gasteiger partial charge is 0.314 e. The van der Waals surface area contributed by atoms with E-state index in [4.69, 9.17) is 9.47 Å². The van der Waals surface area contributed by atoms with Gasteiger partial charge in [0.2, 0.25) is 5.82 Å². The highest BCUT2D eigenvalue weighted by atomic mass is 19.1. The first-order valence-corrected chi connectivity index (χ1v) is 6.37. The number of carbonyl (C=O) groups excluding carboxylic acids is 1. The fourth-order valence-corrected chi connectivity index (χ4v) is 2.17. The highest BCUT2D eigenvalue weighted by Crippen LogP contribution is 2.30. The molecule has 1 aromatic carbocycles. The van der Waals surface area contributed by atoms with Gasteiger partial charge in [-0.1, -0.05) is 0 Å². The van der Waals surface area contributed by atoms with E-state index in [0.717, 1.165) is 12.1 Å². The molecule has 0 N–H and O–H groups in total. The zero-order valence-electron chi connectivity index (χ0n) is 11.3. The molecule has 2 unspecified atom stereocenters. The second-order valence-corrected chi connectivity index (χ2v) is 4.74. The lowest BCUT2D eigenvalue weighted by molar-refractivity contribution is -0.144. The zero-order valence-corrected chi connectivity index (χ0v) is 11.3. The summed E-state index contributed by atoms with van der Waals surface area (Å²) in [7, 11) is 1.21. The summed E-state index contributed by atoms with van der Waals surface area (Å²) in [4.78, 5) is 12.0. The maximum atomic E-state index is 13.9. The molecule has 110 valence electrons. The predicted octanol–water partition coefficient (Wildman–Crippen LogP) is 2.69. The minimum Gasteiger partial charge on any atom is -0.493 e. The summed E-state index contributed by atoms with van der Waals surface area (Å²) in [5, 5.41) is 0. The lowest BCUT2D eigenvalue weighted by Crippen LogP contribution is -2.31. The summed E-state index contributed by atoms with van der Waals surface area (Å²) >= 11 is 0. The van der Waals surface area contributed by atoms with Crippen LogP contribution in [0.2, 0.25) is 0 Å². The van der Waals surface area contributed by atoms with Gasteiger partial charge < -0.3 is 14.2 Å². The Kier molecular flexibility index (Phi) is 4.54. The van der Waals surface area contributed by atoms with E-state index in [1.54, 1.807) is 0 Å². The molecule has 0 saturated carbocycles. The number of methoxy groups -OCH3 is 1. The van der Waals surface area contributed by atoms with Crippen LogP contribution in [0, 0.1) is 17.6 Å². The van der Waals surface area contributed by atoms with Crippen LogP contribution in [0.4, 0.5) is 8.78 Å². The number of halogens is 2. The lowest BCUT2D eigenvalue weighted by Gasteiger charge is -2.25. The van der Waals surface area contributed by atoms with E-state index < -0.39 is 23.4 Å². The SMILES string of the molecule is COc1cc(F)cc(OC(=O)C2CCOC(C)C2)c1F. The van der Waals surface area contributed by atoms with Gasteiger partial charge in [-0.2, -0.15) is 4.39 Å². The Morgan fingerprint density at radius 3 is 2.70 bits per heavy atom. The van der Waals surface area contributed by atoms with E-state index in [-0.39, 0.29) is 17.8 Å². The number of benzene rings is 1. The fraction of sp³-hybridized carbons (Fsp3) is 0.500. The largest absolute Gasteiger partial charge is 0.493 e. The van der Waals surface area contributed by atoms with Gasteiger partial charge in [-0.15, -0.1) is 0 Å². The second-order valence-electron chi connectivity index (χ2n) is 4.74.